The van der Waals surface area contributed by atoms with Crippen LogP contribution in [-0.4, -0.2) is 29.3 Å². The van der Waals surface area contributed by atoms with Crippen LogP contribution in [0.15, 0.2) is 30.6 Å². The zero-order valence-electron chi connectivity index (χ0n) is 11.1. The van der Waals surface area contributed by atoms with Crippen LogP contribution in [0, 0.1) is 6.92 Å². The second-order valence-corrected chi connectivity index (χ2v) is 4.10. The number of methoxy groups -OCH3 is 2. The van der Waals surface area contributed by atoms with E-state index in [9.17, 15) is 5.11 Å². The van der Waals surface area contributed by atoms with Crippen LogP contribution < -0.4 is 9.47 Å². The van der Waals surface area contributed by atoms with Crippen molar-refractivity contribution in [1.29, 1.82) is 0 Å². The fraction of sp³-hybridized carbons (Fsp3) is 0.286. The van der Waals surface area contributed by atoms with Gasteiger partial charge < -0.3 is 14.6 Å². The molecular weight excluding hydrogens is 244 g/mol. The van der Waals surface area contributed by atoms with Gasteiger partial charge in [-0.15, -0.1) is 0 Å². The Bertz CT molecular complexity index is 572. The topological polar surface area (TPSA) is 64.5 Å². The summed E-state index contributed by atoms with van der Waals surface area (Å²) in [7, 11) is 3.06. The van der Waals surface area contributed by atoms with Gasteiger partial charge in [0, 0.05) is 18.0 Å². The number of aliphatic hydroxyl groups excluding tert-OH is 1. The molecule has 0 radical (unpaired) electrons. The van der Waals surface area contributed by atoms with Crippen molar-refractivity contribution in [1.82, 2.24) is 9.97 Å². The first-order valence-corrected chi connectivity index (χ1v) is 5.85. The molecule has 0 spiro atoms. The number of ether oxygens (including phenoxy) is 2. The summed E-state index contributed by atoms with van der Waals surface area (Å²) in [6.45, 7) is 1.96. The van der Waals surface area contributed by atoms with Gasteiger partial charge in [-0.05, 0) is 18.6 Å². The van der Waals surface area contributed by atoms with Gasteiger partial charge in [-0.25, -0.2) is 4.98 Å². The molecule has 0 aliphatic rings. The summed E-state index contributed by atoms with van der Waals surface area (Å²) in [6.07, 6.45) is 2.09. The van der Waals surface area contributed by atoms with Crippen LogP contribution in [0.1, 0.15) is 22.9 Å². The summed E-state index contributed by atoms with van der Waals surface area (Å²) < 4.78 is 10.4. The average Bonchev–Trinajstić information content (AvgIpc) is 2.46. The molecule has 0 bridgehead atoms. The highest BCUT2D eigenvalue weighted by molar-refractivity contribution is 5.42. The molecule has 1 aromatic heterocycles. The van der Waals surface area contributed by atoms with E-state index in [4.69, 9.17) is 9.47 Å². The van der Waals surface area contributed by atoms with Crippen LogP contribution >= 0.6 is 0 Å². The number of hydrogen-bond acceptors (Lipinski definition) is 5. The van der Waals surface area contributed by atoms with Gasteiger partial charge in [0.15, 0.2) is 0 Å². The quantitative estimate of drug-likeness (QED) is 0.909. The lowest BCUT2D eigenvalue weighted by Crippen LogP contribution is -2.07. The van der Waals surface area contributed by atoms with Gasteiger partial charge in [-0.2, -0.15) is 0 Å². The summed E-state index contributed by atoms with van der Waals surface area (Å²) in [5, 5.41) is 10.4. The summed E-state index contributed by atoms with van der Waals surface area (Å²) in [5.41, 5.74) is 2.05. The number of nitrogens with zero attached hydrogens (tertiary/aromatic N) is 2. The Kier molecular flexibility index (Phi) is 3.97. The summed E-state index contributed by atoms with van der Waals surface area (Å²) in [4.78, 5) is 8.16. The lowest BCUT2D eigenvalue weighted by molar-refractivity contribution is 0.202. The first kappa shape index (κ1) is 13.3. The van der Waals surface area contributed by atoms with Crippen molar-refractivity contribution in [3.8, 4) is 11.6 Å². The summed E-state index contributed by atoms with van der Waals surface area (Å²) in [6, 6.07) is 5.58. The minimum Gasteiger partial charge on any atom is -0.496 e. The van der Waals surface area contributed by atoms with Gasteiger partial charge in [0.05, 0.1) is 14.2 Å². The molecule has 0 saturated carbocycles. The number of rotatable bonds is 4. The van der Waals surface area contributed by atoms with Crippen LogP contribution in [0.5, 0.6) is 11.6 Å². The van der Waals surface area contributed by atoms with E-state index >= 15 is 0 Å². The lowest BCUT2D eigenvalue weighted by atomic mass is 10.0. The molecule has 0 fully saturated rings. The van der Waals surface area contributed by atoms with Gasteiger partial charge in [0.1, 0.15) is 17.5 Å². The van der Waals surface area contributed by atoms with Gasteiger partial charge in [-0.3, -0.25) is 4.98 Å². The Labute approximate surface area is 111 Å². The summed E-state index contributed by atoms with van der Waals surface area (Å²) >= 11 is 0. The molecule has 1 aromatic carbocycles. The molecule has 1 N–H and O–H groups in total. The van der Waals surface area contributed by atoms with E-state index in [0.29, 0.717) is 22.9 Å². The fourth-order valence-electron chi connectivity index (χ4n) is 1.87. The van der Waals surface area contributed by atoms with Crippen LogP contribution in [0.2, 0.25) is 0 Å². The third-order valence-corrected chi connectivity index (χ3v) is 2.83. The Hall–Kier alpha value is -2.14. The van der Waals surface area contributed by atoms with Crippen LogP contribution in [0.25, 0.3) is 0 Å². The third-order valence-electron chi connectivity index (χ3n) is 2.83. The van der Waals surface area contributed by atoms with E-state index in [-0.39, 0.29) is 0 Å². The van der Waals surface area contributed by atoms with Crippen LogP contribution in [-0.2, 0) is 0 Å². The van der Waals surface area contributed by atoms with Gasteiger partial charge in [0.25, 0.3) is 0 Å². The fourth-order valence-corrected chi connectivity index (χ4v) is 1.87. The summed E-state index contributed by atoms with van der Waals surface area (Å²) in [5.74, 6) is 0.915. The standard InChI is InChI=1S/C14H16N2O3/c1-9-4-5-10(11(8-9)18-2)13(17)12-14(19-3)16-7-6-15-12/h4-8,13,17H,1-3H3. The monoisotopic (exact) mass is 260 g/mol. The minimum absolute atomic E-state index is 0.303. The molecule has 0 aliphatic heterocycles. The van der Waals surface area contributed by atoms with Gasteiger partial charge >= 0.3 is 0 Å². The molecule has 1 unspecified atom stereocenters. The van der Waals surface area contributed by atoms with Crippen molar-refractivity contribution in [2.75, 3.05) is 14.2 Å². The number of aliphatic hydroxyl groups is 1. The normalized spacial score (nSPS) is 12.0. The number of hydrogen-bond donors (Lipinski definition) is 1. The highest BCUT2D eigenvalue weighted by Crippen LogP contribution is 2.32. The van der Waals surface area contributed by atoms with E-state index in [1.807, 2.05) is 25.1 Å². The molecule has 0 aliphatic carbocycles. The molecule has 2 aromatic rings. The van der Waals surface area contributed by atoms with Crippen molar-refractivity contribution >= 4 is 0 Å². The molecule has 100 valence electrons. The Morgan fingerprint density at radius 2 is 1.84 bits per heavy atom. The maximum absolute atomic E-state index is 10.4. The number of aryl methyl sites for hydroxylation is 1. The Morgan fingerprint density at radius 1 is 1.11 bits per heavy atom. The minimum atomic E-state index is -0.945. The van der Waals surface area contributed by atoms with Crippen molar-refractivity contribution in [3.63, 3.8) is 0 Å². The maximum Gasteiger partial charge on any atom is 0.238 e. The van der Waals surface area contributed by atoms with E-state index in [1.165, 1.54) is 19.5 Å². The van der Waals surface area contributed by atoms with E-state index in [0.717, 1.165) is 5.56 Å². The van der Waals surface area contributed by atoms with Crippen molar-refractivity contribution < 1.29 is 14.6 Å². The zero-order chi connectivity index (χ0) is 13.8. The number of benzene rings is 1. The number of aromatic nitrogens is 2. The molecule has 5 nitrogen and oxygen atoms in total. The second kappa shape index (κ2) is 5.67. The Morgan fingerprint density at radius 3 is 2.53 bits per heavy atom. The first-order chi connectivity index (χ1) is 9.17. The van der Waals surface area contributed by atoms with Crippen molar-refractivity contribution in [2.24, 2.45) is 0 Å². The first-order valence-electron chi connectivity index (χ1n) is 5.85. The third kappa shape index (κ3) is 2.66. The smallest absolute Gasteiger partial charge is 0.238 e. The van der Waals surface area contributed by atoms with E-state index in [2.05, 4.69) is 9.97 Å². The molecule has 0 amide bonds. The Balaban J connectivity index is 2.46. The molecule has 5 heteroatoms. The predicted molar refractivity (Wildman–Crippen MR) is 70.4 cm³/mol. The van der Waals surface area contributed by atoms with Gasteiger partial charge in [0.2, 0.25) is 5.88 Å². The molecule has 0 saturated heterocycles. The SMILES string of the molecule is COc1cc(C)ccc1C(O)c1nccnc1OC. The highest BCUT2D eigenvalue weighted by atomic mass is 16.5. The molecule has 19 heavy (non-hydrogen) atoms. The lowest BCUT2D eigenvalue weighted by Gasteiger charge is -2.16. The highest BCUT2D eigenvalue weighted by Gasteiger charge is 2.21. The van der Waals surface area contributed by atoms with Crippen LogP contribution in [0.4, 0.5) is 0 Å². The van der Waals surface area contributed by atoms with Crippen LogP contribution in [0.3, 0.4) is 0 Å². The second-order valence-electron chi connectivity index (χ2n) is 4.10. The van der Waals surface area contributed by atoms with E-state index in [1.54, 1.807) is 7.11 Å². The predicted octanol–water partition coefficient (Wildman–Crippen LogP) is 1.88. The maximum atomic E-state index is 10.4. The van der Waals surface area contributed by atoms with Gasteiger partial charge in [-0.1, -0.05) is 12.1 Å². The van der Waals surface area contributed by atoms with Crippen molar-refractivity contribution in [3.05, 3.63) is 47.4 Å². The molecule has 2 rings (SSSR count). The average molecular weight is 260 g/mol. The zero-order valence-corrected chi connectivity index (χ0v) is 11.1. The largest absolute Gasteiger partial charge is 0.496 e. The van der Waals surface area contributed by atoms with Crippen molar-refractivity contribution in [2.45, 2.75) is 13.0 Å². The van der Waals surface area contributed by atoms with E-state index < -0.39 is 6.10 Å². The molecule has 1 heterocycles. The molecule has 1 atom stereocenters. The molecular formula is C14H16N2O3.